The average molecular weight is 252 g/mol. The number of rotatable bonds is 14. The van der Waals surface area contributed by atoms with Gasteiger partial charge in [0, 0.05) is 0 Å². The van der Waals surface area contributed by atoms with Crippen molar-refractivity contribution in [1.82, 2.24) is 0 Å². The summed E-state index contributed by atoms with van der Waals surface area (Å²) in [6.07, 6.45) is 20.4. The van der Waals surface area contributed by atoms with Gasteiger partial charge in [-0.2, -0.15) is 0 Å². The van der Waals surface area contributed by atoms with E-state index < -0.39 is 0 Å². The second kappa shape index (κ2) is 16.4. The predicted molar refractivity (Wildman–Crippen MR) is 80.6 cm³/mol. The molecule has 0 atom stereocenters. The van der Waals surface area contributed by atoms with E-state index >= 15 is 0 Å². The van der Waals surface area contributed by atoms with Crippen molar-refractivity contribution >= 4 is 5.94 Å². The topological polar surface area (TPSA) is 17.1 Å². The van der Waals surface area contributed by atoms with Crippen LogP contribution in [0.5, 0.6) is 0 Å². The lowest BCUT2D eigenvalue weighted by Gasteiger charge is -2.02. The summed E-state index contributed by atoms with van der Waals surface area (Å²) in [5.41, 5.74) is 0. The smallest absolute Gasteiger partial charge is 0.120 e. The van der Waals surface area contributed by atoms with Crippen LogP contribution in [-0.2, 0) is 4.79 Å². The minimum Gasteiger partial charge on any atom is -0.234 e. The quantitative estimate of drug-likeness (QED) is 0.280. The molecule has 0 aromatic carbocycles. The molecule has 0 bridgehead atoms. The Hall–Kier alpha value is -0.550. The molecule has 1 heteroatoms. The molecule has 0 aromatic rings. The summed E-state index contributed by atoms with van der Waals surface area (Å²) in [4.78, 5) is 9.94. The summed E-state index contributed by atoms with van der Waals surface area (Å²) < 4.78 is 0. The van der Waals surface area contributed by atoms with Gasteiger partial charge in [-0.3, -0.25) is 0 Å². The van der Waals surface area contributed by atoms with Crippen LogP contribution in [0.3, 0.4) is 0 Å². The first kappa shape index (κ1) is 17.4. The number of carbonyl (C=O) groups excluding carboxylic acids is 1. The van der Waals surface area contributed by atoms with E-state index in [9.17, 15) is 4.79 Å². The van der Waals surface area contributed by atoms with Gasteiger partial charge >= 0.3 is 0 Å². The first-order valence-corrected chi connectivity index (χ1v) is 8.11. The minimum atomic E-state index is 0.918. The Morgan fingerprint density at radius 3 is 1.44 bits per heavy atom. The van der Waals surface area contributed by atoms with Crippen molar-refractivity contribution in [1.29, 1.82) is 0 Å². The van der Waals surface area contributed by atoms with Crippen LogP contribution in [-0.4, -0.2) is 5.94 Å². The van der Waals surface area contributed by atoms with Crippen LogP contribution in [0, 0.1) is 0 Å². The molecule has 0 amide bonds. The average Bonchev–Trinajstić information content (AvgIpc) is 2.39. The summed E-state index contributed by atoms with van der Waals surface area (Å²) in [5, 5.41) is 0. The summed E-state index contributed by atoms with van der Waals surface area (Å²) in [5.74, 6) is 1.84. The third-order valence-electron chi connectivity index (χ3n) is 3.54. The Morgan fingerprint density at radius 1 is 0.667 bits per heavy atom. The van der Waals surface area contributed by atoms with Crippen LogP contribution in [0.15, 0.2) is 6.08 Å². The Kier molecular flexibility index (Phi) is 15.9. The predicted octanol–water partition coefficient (Wildman–Crippen LogP) is 5.86. The van der Waals surface area contributed by atoms with Gasteiger partial charge in [0.15, 0.2) is 0 Å². The molecule has 18 heavy (non-hydrogen) atoms. The first-order chi connectivity index (χ1) is 8.91. The fourth-order valence-electron chi connectivity index (χ4n) is 2.32. The molecule has 0 N–H and O–H groups in total. The summed E-state index contributed by atoms with van der Waals surface area (Å²) >= 11 is 0. The van der Waals surface area contributed by atoms with Crippen LogP contribution in [0.1, 0.15) is 96.8 Å². The van der Waals surface area contributed by atoms with E-state index in [1.165, 1.54) is 77.0 Å². The molecule has 0 radical (unpaired) electrons. The fourth-order valence-corrected chi connectivity index (χ4v) is 2.32. The highest BCUT2D eigenvalue weighted by molar-refractivity contribution is 5.44. The minimum absolute atomic E-state index is 0.918. The lowest BCUT2D eigenvalue weighted by Crippen LogP contribution is -1.82. The molecular weight excluding hydrogens is 220 g/mol. The SMILES string of the molecule is CCCCCCCCCCCCCCCC=C=O. The van der Waals surface area contributed by atoms with Crippen molar-refractivity contribution in [3.8, 4) is 0 Å². The Balaban J connectivity index is 2.92. The highest BCUT2D eigenvalue weighted by Crippen LogP contribution is 2.12. The lowest BCUT2D eigenvalue weighted by molar-refractivity contribution is 0.539. The molecule has 0 fully saturated rings. The van der Waals surface area contributed by atoms with Crippen LogP contribution < -0.4 is 0 Å². The van der Waals surface area contributed by atoms with Crippen molar-refractivity contribution in [2.45, 2.75) is 96.8 Å². The molecule has 0 aliphatic rings. The molecule has 0 aliphatic heterocycles. The molecule has 0 rings (SSSR count). The third-order valence-corrected chi connectivity index (χ3v) is 3.54. The molecular formula is C17H32O. The summed E-state index contributed by atoms with van der Waals surface area (Å²) in [6, 6.07) is 0. The zero-order chi connectivity index (χ0) is 13.3. The van der Waals surface area contributed by atoms with Gasteiger partial charge in [-0.05, 0) is 18.9 Å². The molecule has 0 spiro atoms. The van der Waals surface area contributed by atoms with E-state index in [-0.39, 0.29) is 0 Å². The van der Waals surface area contributed by atoms with Crippen molar-refractivity contribution in [3.63, 3.8) is 0 Å². The largest absolute Gasteiger partial charge is 0.234 e. The van der Waals surface area contributed by atoms with E-state index in [2.05, 4.69) is 6.92 Å². The van der Waals surface area contributed by atoms with Gasteiger partial charge in [0.25, 0.3) is 0 Å². The van der Waals surface area contributed by atoms with Gasteiger partial charge in [0.05, 0.1) is 0 Å². The molecule has 0 saturated carbocycles. The van der Waals surface area contributed by atoms with Crippen molar-refractivity contribution < 1.29 is 4.79 Å². The zero-order valence-corrected chi connectivity index (χ0v) is 12.4. The van der Waals surface area contributed by atoms with E-state index in [0.717, 1.165) is 12.8 Å². The molecule has 1 nitrogen and oxygen atoms in total. The molecule has 0 unspecified atom stereocenters. The number of hydrogen-bond donors (Lipinski definition) is 0. The first-order valence-electron chi connectivity index (χ1n) is 8.11. The molecule has 106 valence electrons. The third kappa shape index (κ3) is 15.4. The molecule has 0 saturated heterocycles. The number of hydrogen-bond acceptors (Lipinski definition) is 1. The van der Waals surface area contributed by atoms with Crippen molar-refractivity contribution in [2.75, 3.05) is 0 Å². The fraction of sp³-hybridized carbons (Fsp3) is 0.882. The lowest BCUT2D eigenvalue weighted by atomic mass is 10.0. The van der Waals surface area contributed by atoms with E-state index in [1.54, 1.807) is 6.08 Å². The van der Waals surface area contributed by atoms with Gasteiger partial charge in [-0.1, -0.05) is 84.0 Å². The monoisotopic (exact) mass is 252 g/mol. The second-order valence-corrected chi connectivity index (χ2v) is 5.35. The second-order valence-electron chi connectivity index (χ2n) is 5.35. The summed E-state index contributed by atoms with van der Waals surface area (Å²) in [7, 11) is 0. The van der Waals surface area contributed by atoms with E-state index in [0.29, 0.717) is 0 Å². The molecule has 0 aliphatic carbocycles. The number of allylic oxidation sites excluding steroid dienone is 1. The van der Waals surface area contributed by atoms with Gasteiger partial charge < -0.3 is 0 Å². The molecule has 0 aromatic heterocycles. The van der Waals surface area contributed by atoms with E-state index in [1.807, 2.05) is 5.94 Å². The van der Waals surface area contributed by atoms with Crippen LogP contribution in [0.25, 0.3) is 0 Å². The number of unbranched alkanes of at least 4 members (excludes halogenated alkanes) is 13. The van der Waals surface area contributed by atoms with Gasteiger partial charge in [-0.15, -0.1) is 0 Å². The van der Waals surface area contributed by atoms with Gasteiger partial charge in [-0.25, -0.2) is 4.79 Å². The summed E-state index contributed by atoms with van der Waals surface area (Å²) in [6.45, 7) is 2.27. The van der Waals surface area contributed by atoms with Crippen LogP contribution >= 0.6 is 0 Å². The van der Waals surface area contributed by atoms with Crippen LogP contribution in [0.4, 0.5) is 0 Å². The Morgan fingerprint density at radius 2 is 1.06 bits per heavy atom. The highest BCUT2D eigenvalue weighted by Gasteiger charge is 1.93. The van der Waals surface area contributed by atoms with Gasteiger partial charge in [0.2, 0.25) is 0 Å². The highest BCUT2D eigenvalue weighted by atomic mass is 16.1. The van der Waals surface area contributed by atoms with Crippen LogP contribution in [0.2, 0.25) is 0 Å². The zero-order valence-electron chi connectivity index (χ0n) is 12.4. The maximum Gasteiger partial charge on any atom is 0.120 e. The van der Waals surface area contributed by atoms with Gasteiger partial charge in [0.1, 0.15) is 5.94 Å². The maximum absolute atomic E-state index is 9.94. The van der Waals surface area contributed by atoms with Crippen molar-refractivity contribution in [2.24, 2.45) is 0 Å². The molecule has 0 heterocycles. The Labute approximate surface area is 114 Å². The standard InChI is InChI=1S/C17H32O/c1-2-3-4-5-6-7-8-9-10-11-12-13-14-15-16-17-18/h16H,2-15H2,1H3. The normalized spacial score (nSPS) is 10.3. The Bertz CT molecular complexity index is 192. The van der Waals surface area contributed by atoms with E-state index in [4.69, 9.17) is 0 Å². The maximum atomic E-state index is 9.94. The van der Waals surface area contributed by atoms with Crippen molar-refractivity contribution in [3.05, 3.63) is 6.08 Å².